The summed E-state index contributed by atoms with van der Waals surface area (Å²) in [7, 11) is 1.69. The fraction of sp³-hybridized carbons (Fsp3) is 0.667. The third-order valence-corrected chi connectivity index (χ3v) is 4.10. The predicted molar refractivity (Wildman–Crippen MR) is 87.5 cm³/mol. The summed E-state index contributed by atoms with van der Waals surface area (Å²) in [6.45, 7) is 7.12. The number of amides is 1. The fourth-order valence-electron chi connectivity index (χ4n) is 2.53. The number of likely N-dealkylation sites (N-methyl/N-ethyl adjacent to an activating group) is 1. The molecule has 1 aliphatic rings. The van der Waals surface area contributed by atoms with Gasteiger partial charge < -0.3 is 10.2 Å². The van der Waals surface area contributed by atoms with Gasteiger partial charge in [-0.3, -0.25) is 4.79 Å². The van der Waals surface area contributed by atoms with E-state index in [1.165, 1.54) is 0 Å². The van der Waals surface area contributed by atoms with Gasteiger partial charge in [0.15, 0.2) is 0 Å². The molecule has 1 fully saturated rings. The van der Waals surface area contributed by atoms with E-state index in [0.717, 1.165) is 42.1 Å². The molecule has 6 heteroatoms. The van der Waals surface area contributed by atoms with Crippen molar-refractivity contribution < 1.29 is 4.79 Å². The third-order valence-electron chi connectivity index (χ3n) is 3.70. The summed E-state index contributed by atoms with van der Waals surface area (Å²) in [6.07, 6.45) is 3.03. The second kappa shape index (κ2) is 6.30. The highest BCUT2D eigenvalue weighted by Gasteiger charge is 2.30. The van der Waals surface area contributed by atoms with E-state index in [1.54, 1.807) is 7.05 Å². The molecule has 1 saturated heterocycles. The molecule has 1 unspecified atom stereocenters. The monoisotopic (exact) mass is 354 g/mol. The average Bonchev–Trinajstić information content (AvgIpc) is 2.45. The number of piperidine rings is 1. The van der Waals surface area contributed by atoms with Crippen LogP contribution < -0.4 is 10.2 Å². The van der Waals surface area contributed by atoms with E-state index in [4.69, 9.17) is 4.98 Å². The largest absolute Gasteiger partial charge is 0.357 e. The molecule has 1 aliphatic heterocycles. The molecule has 1 aromatic rings. The summed E-state index contributed by atoms with van der Waals surface area (Å²) in [5, 5.41) is 2.76. The molecule has 1 aromatic heterocycles. The Morgan fingerprint density at radius 3 is 2.71 bits per heavy atom. The molecule has 116 valence electrons. The van der Waals surface area contributed by atoms with Crippen LogP contribution in [-0.4, -0.2) is 35.5 Å². The molecule has 2 heterocycles. The Bertz CT molecular complexity index is 527. The fourth-order valence-corrected chi connectivity index (χ4v) is 2.91. The molecule has 0 bridgehead atoms. The van der Waals surface area contributed by atoms with Crippen molar-refractivity contribution in [2.45, 2.75) is 51.5 Å². The quantitative estimate of drug-likeness (QED) is 0.829. The highest BCUT2D eigenvalue weighted by molar-refractivity contribution is 9.10. The van der Waals surface area contributed by atoms with Gasteiger partial charge in [-0.25, -0.2) is 9.97 Å². The molecule has 21 heavy (non-hydrogen) atoms. The third kappa shape index (κ3) is 3.73. The number of hydrogen-bond donors (Lipinski definition) is 1. The molecule has 1 atom stereocenters. The van der Waals surface area contributed by atoms with Crippen LogP contribution in [0, 0.1) is 0 Å². The van der Waals surface area contributed by atoms with Crippen LogP contribution in [0.1, 0.15) is 45.9 Å². The molecule has 0 aromatic carbocycles. The second-order valence-corrected chi connectivity index (χ2v) is 7.25. The van der Waals surface area contributed by atoms with Gasteiger partial charge in [-0.2, -0.15) is 0 Å². The number of halogens is 1. The van der Waals surface area contributed by atoms with Crippen molar-refractivity contribution in [3.05, 3.63) is 16.5 Å². The molecule has 0 spiro atoms. The van der Waals surface area contributed by atoms with Crippen molar-refractivity contribution in [3.8, 4) is 0 Å². The van der Waals surface area contributed by atoms with Gasteiger partial charge >= 0.3 is 0 Å². The highest BCUT2D eigenvalue weighted by Crippen LogP contribution is 2.28. The van der Waals surface area contributed by atoms with Crippen molar-refractivity contribution in [1.82, 2.24) is 15.3 Å². The number of aromatic nitrogens is 2. The maximum Gasteiger partial charge on any atom is 0.242 e. The van der Waals surface area contributed by atoms with Crippen LogP contribution in [0.25, 0.3) is 0 Å². The lowest BCUT2D eigenvalue weighted by Gasteiger charge is -2.35. The SMILES string of the molecule is CNC(=O)C1CCCCN1c1cc(Br)nc(C(C)(C)C)n1. The van der Waals surface area contributed by atoms with Gasteiger partial charge in [-0.05, 0) is 35.2 Å². The van der Waals surface area contributed by atoms with Crippen LogP contribution in [0.5, 0.6) is 0 Å². The summed E-state index contributed by atoms with van der Waals surface area (Å²) in [6, 6.07) is 1.76. The molecule has 0 radical (unpaired) electrons. The average molecular weight is 355 g/mol. The van der Waals surface area contributed by atoms with E-state index in [0.29, 0.717) is 0 Å². The smallest absolute Gasteiger partial charge is 0.242 e. The number of nitrogens with one attached hydrogen (secondary N) is 1. The Hall–Kier alpha value is -1.17. The van der Waals surface area contributed by atoms with Crippen LogP contribution in [0.2, 0.25) is 0 Å². The van der Waals surface area contributed by atoms with Gasteiger partial charge in [0.1, 0.15) is 22.3 Å². The predicted octanol–water partition coefficient (Wildman–Crippen LogP) is 2.64. The zero-order chi connectivity index (χ0) is 15.6. The van der Waals surface area contributed by atoms with Gasteiger partial charge in [-0.15, -0.1) is 0 Å². The molecule has 0 saturated carbocycles. The Balaban J connectivity index is 2.39. The van der Waals surface area contributed by atoms with Gasteiger partial charge in [-0.1, -0.05) is 20.8 Å². The molecule has 5 nitrogen and oxygen atoms in total. The normalized spacial score (nSPS) is 19.5. The lowest BCUT2D eigenvalue weighted by atomic mass is 9.95. The second-order valence-electron chi connectivity index (χ2n) is 6.44. The van der Waals surface area contributed by atoms with E-state index < -0.39 is 0 Å². The Labute approximate surface area is 134 Å². The topological polar surface area (TPSA) is 58.1 Å². The van der Waals surface area contributed by atoms with Crippen LogP contribution >= 0.6 is 15.9 Å². The summed E-state index contributed by atoms with van der Waals surface area (Å²) < 4.78 is 0.763. The van der Waals surface area contributed by atoms with E-state index in [1.807, 2.05) is 6.07 Å². The molecule has 1 amide bonds. The van der Waals surface area contributed by atoms with Crippen molar-refractivity contribution in [3.63, 3.8) is 0 Å². The summed E-state index contributed by atoms with van der Waals surface area (Å²) >= 11 is 3.47. The summed E-state index contributed by atoms with van der Waals surface area (Å²) in [5.41, 5.74) is -0.128. The minimum atomic E-state index is -0.140. The van der Waals surface area contributed by atoms with Crippen LogP contribution in [-0.2, 0) is 10.2 Å². The molecule has 1 N–H and O–H groups in total. The number of nitrogens with zero attached hydrogens (tertiary/aromatic N) is 3. The van der Waals surface area contributed by atoms with Crippen molar-refractivity contribution in [2.75, 3.05) is 18.5 Å². The van der Waals surface area contributed by atoms with Gasteiger partial charge in [0, 0.05) is 25.1 Å². The Kier molecular flexibility index (Phi) is 4.86. The van der Waals surface area contributed by atoms with Crippen molar-refractivity contribution in [1.29, 1.82) is 0 Å². The standard InChI is InChI=1S/C15H23BrN4O/c1-15(2,3)14-18-11(16)9-12(19-14)20-8-6-5-7-10(20)13(21)17-4/h9-10H,5-8H2,1-4H3,(H,17,21). The van der Waals surface area contributed by atoms with Crippen LogP contribution in [0.3, 0.4) is 0 Å². The van der Waals surface area contributed by atoms with Crippen LogP contribution in [0.4, 0.5) is 5.82 Å². The first-order valence-corrected chi connectivity index (χ1v) is 8.15. The maximum absolute atomic E-state index is 12.1. The van der Waals surface area contributed by atoms with Gasteiger partial charge in [0.25, 0.3) is 0 Å². The first-order chi connectivity index (χ1) is 9.82. The molecular weight excluding hydrogens is 332 g/mol. The Morgan fingerprint density at radius 1 is 1.38 bits per heavy atom. The van der Waals surface area contributed by atoms with Crippen LogP contribution in [0.15, 0.2) is 10.7 Å². The number of carbonyl (C=O) groups is 1. The van der Waals surface area contributed by atoms with Crippen molar-refractivity contribution in [2.24, 2.45) is 0 Å². The first kappa shape index (κ1) is 16.2. The number of carbonyl (C=O) groups excluding carboxylic acids is 1. The maximum atomic E-state index is 12.1. The summed E-state index contributed by atoms with van der Waals surface area (Å²) in [5.74, 6) is 1.67. The van der Waals surface area contributed by atoms with Gasteiger partial charge in [0.2, 0.25) is 5.91 Å². The van der Waals surface area contributed by atoms with E-state index >= 15 is 0 Å². The summed E-state index contributed by atoms with van der Waals surface area (Å²) in [4.78, 5) is 23.4. The number of anilines is 1. The number of hydrogen-bond acceptors (Lipinski definition) is 4. The van der Waals surface area contributed by atoms with E-state index in [9.17, 15) is 4.79 Å². The zero-order valence-corrected chi connectivity index (χ0v) is 14.7. The van der Waals surface area contributed by atoms with E-state index in [-0.39, 0.29) is 17.4 Å². The molecule has 0 aliphatic carbocycles. The first-order valence-electron chi connectivity index (χ1n) is 7.36. The lowest BCUT2D eigenvalue weighted by Crippen LogP contribution is -2.49. The highest BCUT2D eigenvalue weighted by atomic mass is 79.9. The van der Waals surface area contributed by atoms with Gasteiger partial charge in [0.05, 0.1) is 0 Å². The van der Waals surface area contributed by atoms with E-state index in [2.05, 4.69) is 51.9 Å². The Morgan fingerprint density at radius 2 is 2.10 bits per heavy atom. The lowest BCUT2D eigenvalue weighted by molar-refractivity contribution is -0.122. The molecular formula is C15H23BrN4O. The number of rotatable bonds is 2. The van der Waals surface area contributed by atoms with Crippen molar-refractivity contribution >= 4 is 27.7 Å². The minimum absolute atomic E-state index is 0.0572. The zero-order valence-electron chi connectivity index (χ0n) is 13.1. The molecule has 2 rings (SSSR count). The minimum Gasteiger partial charge on any atom is -0.357 e.